The highest BCUT2D eigenvalue weighted by molar-refractivity contribution is 5.72. The van der Waals surface area contributed by atoms with Crippen LogP contribution in [0.2, 0.25) is 0 Å². The Hall–Kier alpha value is -1.91. The molecule has 1 aliphatic rings. The first-order valence-electron chi connectivity index (χ1n) is 6.55. The van der Waals surface area contributed by atoms with E-state index in [-0.39, 0.29) is 6.03 Å². The largest absolute Gasteiger partial charge is 0.495 e. The molecule has 104 valence electrons. The summed E-state index contributed by atoms with van der Waals surface area (Å²) < 4.78 is 5.38. The van der Waals surface area contributed by atoms with Gasteiger partial charge < -0.3 is 20.7 Å². The van der Waals surface area contributed by atoms with Crippen LogP contribution < -0.4 is 15.8 Å². The molecule has 5 heteroatoms. The summed E-state index contributed by atoms with van der Waals surface area (Å²) in [5, 5.41) is 3.48. The Morgan fingerprint density at radius 2 is 2.11 bits per heavy atom. The predicted octanol–water partition coefficient (Wildman–Crippen LogP) is 1.96. The van der Waals surface area contributed by atoms with Crippen molar-refractivity contribution in [2.24, 2.45) is 5.73 Å². The number of likely N-dealkylation sites (tertiary alicyclic amines) is 1. The summed E-state index contributed by atoms with van der Waals surface area (Å²) in [5.41, 5.74) is 7.45. The van der Waals surface area contributed by atoms with Crippen molar-refractivity contribution in [2.45, 2.75) is 25.8 Å². The van der Waals surface area contributed by atoms with Crippen molar-refractivity contribution in [1.82, 2.24) is 4.90 Å². The van der Waals surface area contributed by atoms with Crippen LogP contribution in [0.15, 0.2) is 18.2 Å². The number of benzene rings is 1. The fraction of sp³-hybridized carbons (Fsp3) is 0.500. The maximum Gasteiger partial charge on any atom is 0.314 e. The number of anilines is 1. The van der Waals surface area contributed by atoms with Crippen molar-refractivity contribution in [2.75, 3.05) is 25.5 Å². The van der Waals surface area contributed by atoms with Gasteiger partial charge in [-0.1, -0.05) is 6.07 Å². The van der Waals surface area contributed by atoms with Gasteiger partial charge in [-0.25, -0.2) is 4.79 Å². The van der Waals surface area contributed by atoms with Crippen LogP contribution in [0.3, 0.4) is 0 Å². The Labute approximate surface area is 113 Å². The molecule has 1 heterocycles. The first kappa shape index (κ1) is 13.5. The number of piperidine rings is 1. The highest BCUT2D eigenvalue weighted by Crippen LogP contribution is 2.27. The van der Waals surface area contributed by atoms with Gasteiger partial charge in [-0.2, -0.15) is 0 Å². The summed E-state index contributed by atoms with van der Waals surface area (Å²) in [6.07, 6.45) is 1.81. The van der Waals surface area contributed by atoms with Crippen LogP contribution in [0.5, 0.6) is 5.75 Å². The third-order valence-electron chi connectivity index (χ3n) is 3.52. The number of methoxy groups -OCH3 is 1. The van der Waals surface area contributed by atoms with Crippen LogP contribution in [0.25, 0.3) is 0 Å². The smallest absolute Gasteiger partial charge is 0.314 e. The lowest BCUT2D eigenvalue weighted by molar-refractivity contribution is 0.193. The van der Waals surface area contributed by atoms with Gasteiger partial charge in [0.05, 0.1) is 12.8 Å². The number of rotatable bonds is 3. The zero-order valence-corrected chi connectivity index (χ0v) is 11.5. The molecule has 1 fully saturated rings. The summed E-state index contributed by atoms with van der Waals surface area (Å²) >= 11 is 0. The molecule has 0 bridgehead atoms. The van der Waals surface area contributed by atoms with Gasteiger partial charge in [0.1, 0.15) is 5.75 Å². The Morgan fingerprint density at radius 3 is 2.68 bits per heavy atom. The minimum Gasteiger partial charge on any atom is -0.495 e. The van der Waals surface area contributed by atoms with E-state index in [2.05, 4.69) is 11.4 Å². The highest BCUT2D eigenvalue weighted by atomic mass is 16.5. The Morgan fingerprint density at radius 1 is 1.42 bits per heavy atom. The van der Waals surface area contributed by atoms with Gasteiger partial charge in [0.2, 0.25) is 0 Å². The average molecular weight is 263 g/mol. The fourth-order valence-corrected chi connectivity index (χ4v) is 2.38. The number of nitrogens with two attached hydrogens (primary N) is 1. The molecule has 5 nitrogen and oxygen atoms in total. The number of ether oxygens (including phenoxy) is 1. The SMILES string of the molecule is COc1cc(C)ccc1NC1CCN(C(N)=O)CC1. The second-order valence-electron chi connectivity index (χ2n) is 4.95. The van der Waals surface area contributed by atoms with E-state index in [4.69, 9.17) is 10.5 Å². The summed E-state index contributed by atoms with van der Waals surface area (Å²) in [6, 6.07) is 6.14. The van der Waals surface area contributed by atoms with Crippen LogP contribution in [0.1, 0.15) is 18.4 Å². The molecule has 0 radical (unpaired) electrons. The molecule has 2 rings (SSSR count). The highest BCUT2D eigenvalue weighted by Gasteiger charge is 2.21. The van der Waals surface area contributed by atoms with Gasteiger partial charge in [-0.05, 0) is 37.5 Å². The van der Waals surface area contributed by atoms with Crippen LogP contribution in [-0.4, -0.2) is 37.2 Å². The molecule has 2 amide bonds. The van der Waals surface area contributed by atoms with Crippen molar-refractivity contribution in [3.05, 3.63) is 23.8 Å². The number of carbonyl (C=O) groups is 1. The van der Waals surface area contributed by atoms with Crippen LogP contribution >= 0.6 is 0 Å². The molecular weight excluding hydrogens is 242 g/mol. The van der Waals surface area contributed by atoms with E-state index in [1.54, 1.807) is 12.0 Å². The number of carbonyl (C=O) groups excluding carboxylic acids is 1. The predicted molar refractivity (Wildman–Crippen MR) is 75.5 cm³/mol. The van der Waals surface area contributed by atoms with E-state index in [1.807, 2.05) is 19.1 Å². The van der Waals surface area contributed by atoms with E-state index in [0.29, 0.717) is 19.1 Å². The molecule has 1 saturated heterocycles. The van der Waals surface area contributed by atoms with Gasteiger partial charge in [-0.15, -0.1) is 0 Å². The lowest BCUT2D eigenvalue weighted by Gasteiger charge is -2.32. The van der Waals surface area contributed by atoms with Crippen molar-refractivity contribution in [3.63, 3.8) is 0 Å². The van der Waals surface area contributed by atoms with Gasteiger partial charge in [0.15, 0.2) is 0 Å². The van der Waals surface area contributed by atoms with Gasteiger partial charge in [0.25, 0.3) is 0 Å². The molecule has 1 aliphatic heterocycles. The molecule has 0 saturated carbocycles. The van der Waals surface area contributed by atoms with Crippen molar-refractivity contribution < 1.29 is 9.53 Å². The quantitative estimate of drug-likeness (QED) is 0.876. The third-order valence-corrected chi connectivity index (χ3v) is 3.52. The molecule has 0 spiro atoms. The van der Waals surface area contributed by atoms with E-state index >= 15 is 0 Å². The Bertz CT molecular complexity index is 454. The number of primary amides is 1. The van der Waals surface area contributed by atoms with E-state index < -0.39 is 0 Å². The monoisotopic (exact) mass is 263 g/mol. The van der Waals surface area contributed by atoms with E-state index in [9.17, 15) is 4.79 Å². The molecule has 0 aromatic heterocycles. The average Bonchev–Trinajstić information content (AvgIpc) is 2.41. The van der Waals surface area contributed by atoms with Crippen molar-refractivity contribution in [1.29, 1.82) is 0 Å². The summed E-state index contributed by atoms with van der Waals surface area (Å²) in [4.78, 5) is 12.8. The summed E-state index contributed by atoms with van der Waals surface area (Å²) in [7, 11) is 1.68. The van der Waals surface area contributed by atoms with Gasteiger partial charge in [-0.3, -0.25) is 0 Å². The minimum absolute atomic E-state index is 0.327. The topological polar surface area (TPSA) is 67.6 Å². The molecular formula is C14H21N3O2. The maximum atomic E-state index is 11.1. The molecule has 0 aliphatic carbocycles. The molecule has 1 aromatic carbocycles. The van der Waals surface area contributed by atoms with Crippen LogP contribution in [0.4, 0.5) is 10.5 Å². The standard InChI is InChI=1S/C14H21N3O2/c1-10-3-4-12(13(9-10)19-2)16-11-5-7-17(8-6-11)14(15)18/h3-4,9,11,16H,5-8H2,1-2H3,(H2,15,18). The number of hydrogen-bond donors (Lipinski definition) is 2. The number of hydrogen-bond acceptors (Lipinski definition) is 3. The van der Waals surface area contributed by atoms with Crippen LogP contribution in [-0.2, 0) is 0 Å². The molecule has 0 unspecified atom stereocenters. The molecule has 1 aromatic rings. The maximum absolute atomic E-state index is 11.1. The number of amides is 2. The third kappa shape index (κ3) is 3.30. The number of nitrogens with zero attached hydrogens (tertiary/aromatic N) is 1. The first-order chi connectivity index (χ1) is 9.10. The normalized spacial score (nSPS) is 16.2. The van der Waals surface area contributed by atoms with E-state index in [1.165, 1.54) is 5.56 Å². The first-order valence-corrected chi connectivity index (χ1v) is 6.55. The van der Waals surface area contributed by atoms with Crippen molar-refractivity contribution >= 4 is 11.7 Å². The van der Waals surface area contributed by atoms with E-state index in [0.717, 1.165) is 24.3 Å². The molecule has 19 heavy (non-hydrogen) atoms. The Kier molecular flexibility index (Phi) is 4.14. The van der Waals surface area contributed by atoms with Gasteiger partial charge >= 0.3 is 6.03 Å². The van der Waals surface area contributed by atoms with Crippen molar-refractivity contribution in [3.8, 4) is 5.75 Å². The number of aryl methyl sites for hydroxylation is 1. The Balaban J connectivity index is 1.97. The zero-order chi connectivity index (χ0) is 13.8. The zero-order valence-electron chi connectivity index (χ0n) is 11.5. The van der Waals surface area contributed by atoms with Gasteiger partial charge in [0, 0.05) is 19.1 Å². The van der Waals surface area contributed by atoms with Crippen LogP contribution in [0, 0.1) is 6.92 Å². The second kappa shape index (κ2) is 5.82. The molecule has 0 atom stereocenters. The summed E-state index contributed by atoms with van der Waals surface area (Å²) in [5.74, 6) is 0.859. The molecule has 3 N–H and O–H groups in total. The minimum atomic E-state index is -0.327. The number of nitrogens with one attached hydrogen (secondary N) is 1. The lowest BCUT2D eigenvalue weighted by atomic mass is 10.0. The fourth-order valence-electron chi connectivity index (χ4n) is 2.38. The lowest BCUT2D eigenvalue weighted by Crippen LogP contribution is -2.44. The number of urea groups is 1. The summed E-state index contributed by atoms with van der Waals surface area (Å²) in [6.45, 7) is 3.46. The second-order valence-corrected chi connectivity index (χ2v) is 4.95.